The van der Waals surface area contributed by atoms with Gasteiger partial charge >= 0.3 is 0 Å². The molecule has 0 aliphatic carbocycles. The number of imidazole rings is 1. The molecule has 0 spiro atoms. The Kier molecular flexibility index (Phi) is 3.00. The molecule has 7 nitrogen and oxygen atoms in total. The van der Waals surface area contributed by atoms with E-state index in [-0.39, 0.29) is 5.91 Å². The van der Waals surface area contributed by atoms with Crippen LogP contribution in [0, 0.1) is 0 Å². The molecule has 0 radical (unpaired) electrons. The first-order valence-electron chi connectivity index (χ1n) is 6.01. The lowest BCUT2D eigenvalue weighted by atomic mass is 10.2. The van der Waals surface area contributed by atoms with Crippen LogP contribution in [0.1, 0.15) is 6.92 Å². The molecule has 0 bridgehead atoms. The van der Waals surface area contributed by atoms with E-state index in [0.29, 0.717) is 11.5 Å². The van der Waals surface area contributed by atoms with Gasteiger partial charge in [-0.05, 0) is 24.3 Å². The van der Waals surface area contributed by atoms with E-state index < -0.39 is 0 Å². The molecule has 2 heterocycles. The Morgan fingerprint density at radius 2 is 1.85 bits per heavy atom. The van der Waals surface area contributed by atoms with E-state index in [1.165, 1.54) is 13.3 Å². The SMILES string of the molecule is CC(=O)Nc1ccc(Nc2ncnc3nc[nH]c23)cc1. The summed E-state index contributed by atoms with van der Waals surface area (Å²) in [6.45, 7) is 1.47. The molecule has 0 fully saturated rings. The number of rotatable bonds is 3. The number of carbonyl (C=O) groups is 1. The van der Waals surface area contributed by atoms with Crippen molar-refractivity contribution < 1.29 is 4.79 Å². The Labute approximate surface area is 114 Å². The second-order valence-corrected chi connectivity index (χ2v) is 4.21. The molecule has 0 saturated carbocycles. The second-order valence-electron chi connectivity index (χ2n) is 4.21. The second kappa shape index (κ2) is 4.96. The van der Waals surface area contributed by atoms with Crippen LogP contribution < -0.4 is 10.6 Å². The maximum Gasteiger partial charge on any atom is 0.221 e. The fourth-order valence-corrected chi connectivity index (χ4v) is 1.84. The number of hydrogen-bond donors (Lipinski definition) is 3. The van der Waals surface area contributed by atoms with E-state index in [1.807, 2.05) is 24.3 Å². The highest BCUT2D eigenvalue weighted by molar-refractivity contribution is 5.89. The molecule has 20 heavy (non-hydrogen) atoms. The van der Waals surface area contributed by atoms with Crippen molar-refractivity contribution in [3.8, 4) is 0 Å². The van der Waals surface area contributed by atoms with Crippen LogP contribution in [0.2, 0.25) is 0 Å². The van der Waals surface area contributed by atoms with Gasteiger partial charge in [-0.2, -0.15) is 0 Å². The van der Waals surface area contributed by atoms with Gasteiger partial charge in [-0.1, -0.05) is 0 Å². The lowest BCUT2D eigenvalue weighted by Crippen LogP contribution is -2.05. The zero-order valence-electron chi connectivity index (χ0n) is 10.7. The van der Waals surface area contributed by atoms with Crippen molar-refractivity contribution in [3.05, 3.63) is 36.9 Å². The summed E-state index contributed by atoms with van der Waals surface area (Å²) in [6, 6.07) is 7.34. The van der Waals surface area contributed by atoms with Gasteiger partial charge in [0.05, 0.1) is 6.33 Å². The molecule has 3 N–H and O–H groups in total. The summed E-state index contributed by atoms with van der Waals surface area (Å²) < 4.78 is 0. The van der Waals surface area contributed by atoms with Crippen LogP contribution in [0.15, 0.2) is 36.9 Å². The highest BCUT2D eigenvalue weighted by atomic mass is 16.1. The normalized spacial score (nSPS) is 10.4. The maximum atomic E-state index is 11.0. The molecule has 0 aliphatic heterocycles. The minimum atomic E-state index is -0.0966. The van der Waals surface area contributed by atoms with Crippen molar-refractivity contribution in [2.75, 3.05) is 10.6 Å². The number of H-pyrrole nitrogens is 1. The van der Waals surface area contributed by atoms with Gasteiger partial charge in [0.25, 0.3) is 0 Å². The number of benzene rings is 1. The summed E-state index contributed by atoms with van der Waals surface area (Å²) in [5.74, 6) is 0.556. The number of nitrogens with one attached hydrogen (secondary N) is 3. The summed E-state index contributed by atoms with van der Waals surface area (Å²) in [5.41, 5.74) is 2.96. The van der Waals surface area contributed by atoms with E-state index in [1.54, 1.807) is 6.33 Å². The van der Waals surface area contributed by atoms with Crippen molar-refractivity contribution in [2.45, 2.75) is 6.92 Å². The molecular formula is C13H12N6O. The molecule has 100 valence electrons. The molecule has 1 amide bonds. The molecule has 0 atom stereocenters. The average molecular weight is 268 g/mol. The fraction of sp³-hybridized carbons (Fsp3) is 0.0769. The summed E-state index contributed by atoms with van der Waals surface area (Å²) in [4.78, 5) is 26.2. The van der Waals surface area contributed by atoms with Gasteiger partial charge in [0.15, 0.2) is 11.5 Å². The van der Waals surface area contributed by atoms with E-state index in [2.05, 4.69) is 30.6 Å². The van der Waals surface area contributed by atoms with Crippen molar-refractivity contribution in [1.29, 1.82) is 0 Å². The Bertz CT molecular complexity index is 749. The number of carbonyl (C=O) groups excluding carboxylic acids is 1. The summed E-state index contributed by atoms with van der Waals surface area (Å²) in [6.07, 6.45) is 3.03. The monoisotopic (exact) mass is 268 g/mol. The van der Waals surface area contributed by atoms with Gasteiger partial charge in [0.1, 0.15) is 11.8 Å². The Hall–Kier alpha value is -2.96. The molecule has 7 heteroatoms. The van der Waals surface area contributed by atoms with Crippen LogP contribution in [0.3, 0.4) is 0 Å². The first-order valence-corrected chi connectivity index (χ1v) is 6.01. The molecule has 3 rings (SSSR count). The number of anilines is 3. The van der Waals surface area contributed by atoms with Crippen LogP contribution in [0.25, 0.3) is 11.2 Å². The first kappa shape index (κ1) is 12.1. The van der Waals surface area contributed by atoms with Crippen molar-refractivity contribution >= 4 is 34.3 Å². The Morgan fingerprint density at radius 3 is 2.60 bits per heavy atom. The highest BCUT2D eigenvalue weighted by Gasteiger charge is 2.05. The van der Waals surface area contributed by atoms with Gasteiger partial charge in [-0.3, -0.25) is 4.79 Å². The Morgan fingerprint density at radius 1 is 1.10 bits per heavy atom. The minimum absolute atomic E-state index is 0.0966. The lowest BCUT2D eigenvalue weighted by molar-refractivity contribution is -0.114. The molecule has 3 aromatic rings. The topological polar surface area (TPSA) is 95.6 Å². The van der Waals surface area contributed by atoms with Gasteiger partial charge in [0.2, 0.25) is 5.91 Å². The van der Waals surface area contributed by atoms with Gasteiger partial charge in [-0.25, -0.2) is 15.0 Å². The van der Waals surface area contributed by atoms with Crippen LogP contribution in [0.4, 0.5) is 17.2 Å². The Balaban J connectivity index is 1.84. The predicted octanol–water partition coefficient (Wildman–Crippen LogP) is 2.05. The summed E-state index contributed by atoms with van der Waals surface area (Å²) in [5, 5.41) is 5.89. The third-order valence-electron chi connectivity index (χ3n) is 2.69. The predicted molar refractivity (Wildman–Crippen MR) is 75.7 cm³/mol. The van der Waals surface area contributed by atoms with E-state index in [9.17, 15) is 4.79 Å². The number of fused-ring (bicyclic) bond motifs is 1. The summed E-state index contributed by atoms with van der Waals surface area (Å²) in [7, 11) is 0. The fourth-order valence-electron chi connectivity index (χ4n) is 1.84. The van der Waals surface area contributed by atoms with Crippen molar-refractivity contribution in [2.24, 2.45) is 0 Å². The number of aromatic nitrogens is 4. The number of nitrogens with zero attached hydrogens (tertiary/aromatic N) is 3. The molecular weight excluding hydrogens is 256 g/mol. The molecule has 2 aromatic heterocycles. The van der Waals surface area contributed by atoms with Crippen molar-refractivity contribution in [3.63, 3.8) is 0 Å². The van der Waals surface area contributed by atoms with Crippen LogP contribution in [-0.2, 0) is 4.79 Å². The van der Waals surface area contributed by atoms with Crippen LogP contribution >= 0.6 is 0 Å². The maximum absolute atomic E-state index is 11.0. The van der Waals surface area contributed by atoms with E-state index in [0.717, 1.165) is 16.9 Å². The van der Waals surface area contributed by atoms with Crippen LogP contribution in [-0.4, -0.2) is 25.8 Å². The third kappa shape index (κ3) is 2.41. The number of aromatic amines is 1. The molecule has 0 saturated heterocycles. The average Bonchev–Trinajstić information content (AvgIpc) is 2.90. The highest BCUT2D eigenvalue weighted by Crippen LogP contribution is 2.21. The van der Waals surface area contributed by atoms with Crippen molar-refractivity contribution in [1.82, 2.24) is 19.9 Å². The van der Waals surface area contributed by atoms with Gasteiger partial charge in [0, 0.05) is 18.3 Å². The summed E-state index contributed by atoms with van der Waals surface area (Å²) >= 11 is 0. The third-order valence-corrected chi connectivity index (χ3v) is 2.69. The van der Waals surface area contributed by atoms with Gasteiger partial charge < -0.3 is 15.6 Å². The van der Waals surface area contributed by atoms with Gasteiger partial charge in [-0.15, -0.1) is 0 Å². The smallest absolute Gasteiger partial charge is 0.221 e. The zero-order valence-corrected chi connectivity index (χ0v) is 10.7. The standard InChI is InChI=1S/C13H12N6O/c1-8(20)18-9-2-4-10(5-3-9)19-13-11-12(15-6-14-11)16-7-17-13/h2-7H,1H3,(H,18,20)(H2,14,15,16,17,19). The number of hydrogen-bond acceptors (Lipinski definition) is 5. The minimum Gasteiger partial charge on any atom is -0.340 e. The molecule has 1 aromatic carbocycles. The zero-order chi connectivity index (χ0) is 13.9. The first-order chi connectivity index (χ1) is 9.72. The largest absolute Gasteiger partial charge is 0.340 e. The van der Waals surface area contributed by atoms with Crippen LogP contribution in [0.5, 0.6) is 0 Å². The van der Waals surface area contributed by atoms with E-state index in [4.69, 9.17) is 0 Å². The van der Waals surface area contributed by atoms with E-state index >= 15 is 0 Å². The quantitative estimate of drug-likeness (QED) is 0.675. The number of amides is 1. The molecule has 0 unspecified atom stereocenters. The molecule has 0 aliphatic rings. The lowest BCUT2D eigenvalue weighted by Gasteiger charge is -2.07.